The van der Waals surface area contributed by atoms with Crippen LogP contribution in [0.25, 0.3) is 0 Å². The van der Waals surface area contributed by atoms with Gasteiger partial charge in [0.25, 0.3) is 0 Å². The summed E-state index contributed by atoms with van der Waals surface area (Å²) < 4.78 is 0. The Labute approximate surface area is 205 Å². The van der Waals surface area contributed by atoms with Crippen molar-refractivity contribution in [2.75, 3.05) is 0 Å². The number of carboxylic acids is 1. The number of hydrogen-bond acceptors (Lipinski definition) is 3. The summed E-state index contributed by atoms with van der Waals surface area (Å²) in [6.07, 6.45) is 9.49. The van der Waals surface area contributed by atoms with Gasteiger partial charge < -0.3 is 5.11 Å². The van der Waals surface area contributed by atoms with Crippen molar-refractivity contribution in [1.29, 1.82) is 0 Å². The van der Waals surface area contributed by atoms with Crippen LogP contribution >= 0.6 is 0 Å². The van der Waals surface area contributed by atoms with Crippen molar-refractivity contribution >= 4 is 17.5 Å². The molecule has 5 atom stereocenters. The molecule has 1 spiro atoms. The van der Waals surface area contributed by atoms with Crippen molar-refractivity contribution < 1.29 is 19.5 Å². The lowest BCUT2D eigenvalue weighted by atomic mass is 9.48. The molecule has 0 bridgehead atoms. The van der Waals surface area contributed by atoms with E-state index in [9.17, 15) is 19.5 Å². The Hall–Kier alpha value is -1.97. The highest BCUT2D eigenvalue weighted by Gasteiger charge is 2.64. The van der Waals surface area contributed by atoms with Crippen LogP contribution in [0.2, 0.25) is 0 Å². The second-order valence-electron chi connectivity index (χ2n) is 12.7. The average molecular weight is 467 g/mol. The van der Waals surface area contributed by atoms with Crippen molar-refractivity contribution in [2.24, 2.45) is 33.5 Å². The van der Waals surface area contributed by atoms with Crippen molar-refractivity contribution in [3.63, 3.8) is 0 Å². The molecular formula is C30H42O4. The van der Waals surface area contributed by atoms with Gasteiger partial charge in [-0.05, 0) is 80.6 Å². The van der Waals surface area contributed by atoms with E-state index in [4.69, 9.17) is 0 Å². The van der Waals surface area contributed by atoms with E-state index in [0.717, 1.165) is 44.9 Å². The minimum absolute atomic E-state index is 0.0681. The van der Waals surface area contributed by atoms with Crippen LogP contribution in [0.3, 0.4) is 0 Å². The summed E-state index contributed by atoms with van der Waals surface area (Å²) in [6.45, 7) is 17.4. The smallest absolute Gasteiger partial charge is 0.331 e. The lowest BCUT2D eigenvalue weighted by molar-refractivity contribution is -0.139. The molecule has 0 aromatic heterocycles. The van der Waals surface area contributed by atoms with Crippen molar-refractivity contribution in [1.82, 2.24) is 0 Å². The monoisotopic (exact) mass is 466 g/mol. The first-order chi connectivity index (χ1) is 15.7. The van der Waals surface area contributed by atoms with Gasteiger partial charge in [0.1, 0.15) is 5.78 Å². The van der Waals surface area contributed by atoms with E-state index in [0.29, 0.717) is 24.5 Å². The predicted octanol–water partition coefficient (Wildman–Crippen LogP) is 6.85. The maximum atomic E-state index is 12.8. The largest absolute Gasteiger partial charge is 0.478 e. The highest BCUT2D eigenvalue weighted by molar-refractivity contribution is 5.98. The standard InChI is InChI=1S/C30H42O4/c1-18(26(33)34)16-21(31)17-20(3)29(7)14-10-19(2)30(29)15-11-22-23(30)8-9-24-27(4,5)25(32)12-13-28(22,24)6/h16,20,24H,2,8-15,17H2,1,3-7H3,(H,33,34)/t20-,24+,28-,29+,30+/m1/s1. The van der Waals surface area contributed by atoms with Crippen LogP contribution in [0.15, 0.2) is 34.9 Å². The number of hydrogen-bond donors (Lipinski definition) is 1. The molecule has 34 heavy (non-hydrogen) atoms. The van der Waals surface area contributed by atoms with E-state index in [2.05, 4.69) is 41.2 Å². The highest BCUT2D eigenvalue weighted by atomic mass is 16.4. The van der Waals surface area contributed by atoms with Crippen LogP contribution in [0.1, 0.15) is 99.3 Å². The Morgan fingerprint density at radius 1 is 1.06 bits per heavy atom. The molecule has 0 aliphatic heterocycles. The summed E-state index contributed by atoms with van der Waals surface area (Å²) in [6, 6.07) is 0. The zero-order chi connectivity index (χ0) is 25.3. The van der Waals surface area contributed by atoms with Crippen molar-refractivity contribution in [2.45, 2.75) is 99.3 Å². The number of allylic oxidation sites excluding steroid dienone is 4. The normalized spacial score (nSPS) is 38.2. The molecule has 0 saturated heterocycles. The maximum absolute atomic E-state index is 12.8. The fourth-order valence-corrected chi connectivity index (χ4v) is 8.87. The molecule has 4 rings (SSSR count). The number of carbonyl (C=O) groups excluding carboxylic acids is 2. The second kappa shape index (κ2) is 8.03. The van der Waals surface area contributed by atoms with Gasteiger partial charge in [0.2, 0.25) is 0 Å². The summed E-state index contributed by atoms with van der Waals surface area (Å²) >= 11 is 0. The number of ketones is 2. The predicted molar refractivity (Wildman–Crippen MR) is 134 cm³/mol. The van der Waals surface area contributed by atoms with E-state index >= 15 is 0 Å². The summed E-state index contributed by atoms with van der Waals surface area (Å²) in [5, 5.41) is 9.17. The van der Waals surface area contributed by atoms with E-state index < -0.39 is 5.97 Å². The number of carboxylic acid groups (broad SMARTS) is 1. The maximum Gasteiger partial charge on any atom is 0.331 e. The zero-order valence-corrected chi connectivity index (χ0v) is 22.0. The van der Waals surface area contributed by atoms with Gasteiger partial charge in [-0.15, -0.1) is 0 Å². The number of Topliss-reactive ketones (excluding diaryl/α,β-unsaturated/α-hetero) is 1. The molecule has 0 amide bonds. The fraction of sp³-hybridized carbons (Fsp3) is 0.700. The van der Waals surface area contributed by atoms with Crippen LogP contribution in [0.4, 0.5) is 0 Å². The topological polar surface area (TPSA) is 71.4 Å². The van der Waals surface area contributed by atoms with Gasteiger partial charge in [0.15, 0.2) is 5.78 Å². The molecule has 186 valence electrons. The third-order valence-electron chi connectivity index (χ3n) is 11.1. The van der Waals surface area contributed by atoms with E-state index in [-0.39, 0.29) is 38.9 Å². The number of fused-ring (bicyclic) bond motifs is 3. The Kier molecular flexibility index (Phi) is 5.94. The lowest BCUT2D eigenvalue weighted by Gasteiger charge is -2.55. The molecule has 4 nitrogen and oxygen atoms in total. The summed E-state index contributed by atoms with van der Waals surface area (Å²) in [7, 11) is 0. The molecule has 0 heterocycles. The van der Waals surface area contributed by atoms with Gasteiger partial charge in [-0.3, -0.25) is 9.59 Å². The molecule has 2 fully saturated rings. The van der Waals surface area contributed by atoms with Crippen molar-refractivity contribution in [3.05, 3.63) is 34.9 Å². The van der Waals surface area contributed by atoms with Gasteiger partial charge in [0.05, 0.1) is 0 Å². The van der Waals surface area contributed by atoms with Gasteiger partial charge in [0, 0.05) is 29.2 Å². The zero-order valence-electron chi connectivity index (χ0n) is 22.0. The van der Waals surface area contributed by atoms with Crippen molar-refractivity contribution in [3.8, 4) is 0 Å². The highest BCUT2D eigenvalue weighted by Crippen LogP contribution is 2.73. The third kappa shape index (κ3) is 3.27. The first-order valence-corrected chi connectivity index (χ1v) is 13.1. The van der Waals surface area contributed by atoms with E-state index in [1.807, 2.05) is 0 Å². The Morgan fingerprint density at radius 3 is 2.38 bits per heavy atom. The number of carbonyl (C=O) groups is 3. The fourth-order valence-electron chi connectivity index (χ4n) is 8.87. The number of rotatable bonds is 5. The van der Waals surface area contributed by atoms with E-state index in [1.165, 1.54) is 18.6 Å². The minimum Gasteiger partial charge on any atom is -0.478 e. The van der Waals surface area contributed by atoms with Gasteiger partial charge in [-0.1, -0.05) is 57.9 Å². The SMILES string of the molecule is C=C1CC[C@@](C)([C@H](C)CC(=O)C=C(C)C(=O)O)[C@@]12CCC1=C2CC[C@H]2C(C)(C)C(=O)CC[C@]12C. The average Bonchev–Trinajstić information content (AvgIpc) is 3.27. The second-order valence-corrected chi connectivity index (χ2v) is 12.7. The van der Waals surface area contributed by atoms with Crippen LogP contribution in [-0.4, -0.2) is 22.6 Å². The molecule has 4 aliphatic rings. The van der Waals surface area contributed by atoms with Crippen LogP contribution < -0.4 is 0 Å². The van der Waals surface area contributed by atoms with E-state index in [1.54, 1.807) is 11.1 Å². The molecular weight excluding hydrogens is 424 g/mol. The Bertz CT molecular complexity index is 1030. The molecule has 0 radical (unpaired) electrons. The first-order valence-electron chi connectivity index (χ1n) is 13.1. The molecule has 4 aliphatic carbocycles. The molecule has 0 aromatic carbocycles. The molecule has 0 unspecified atom stereocenters. The Balaban J connectivity index is 1.72. The lowest BCUT2D eigenvalue weighted by Crippen LogP contribution is -2.50. The van der Waals surface area contributed by atoms with Gasteiger partial charge in [-0.2, -0.15) is 0 Å². The van der Waals surface area contributed by atoms with Gasteiger partial charge in [-0.25, -0.2) is 4.79 Å². The Morgan fingerprint density at radius 2 is 1.74 bits per heavy atom. The number of aliphatic carboxylic acids is 1. The minimum atomic E-state index is -1.04. The molecule has 4 heteroatoms. The summed E-state index contributed by atoms with van der Waals surface area (Å²) in [4.78, 5) is 36.8. The first kappa shape index (κ1) is 25.1. The molecule has 1 N–H and O–H groups in total. The van der Waals surface area contributed by atoms with Crippen LogP contribution in [0.5, 0.6) is 0 Å². The van der Waals surface area contributed by atoms with Gasteiger partial charge >= 0.3 is 5.97 Å². The third-order valence-corrected chi connectivity index (χ3v) is 11.1. The van der Waals surface area contributed by atoms with Crippen LogP contribution in [0, 0.1) is 33.5 Å². The molecule has 0 aromatic rings. The van der Waals surface area contributed by atoms with Crippen LogP contribution in [-0.2, 0) is 14.4 Å². The summed E-state index contributed by atoms with van der Waals surface area (Å²) in [5.74, 6) is -0.212. The summed E-state index contributed by atoms with van der Waals surface area (Å²) in [5.41, 5.74) is 4.24. The quantitative estimate of drug-likeness (QED) is 0.355. The molecule has 2 saturated carbocycles.